The predicted molar refractivity (Wildman–Crippen MR) is 66.7 cm³/mol. The molecule has 2 nitrogen and oxygen atoms in total. The predicted octanol–water partition coefficient (Wildman–Crippen LogP) is 3.59. The Kier molecular flexibility index (Phi) is 5.54. The number of aliphatic hydroxyl groups is 1. The van der Waals surface area contributed by atoms with Gasteiger partial charge in [-0.25, -0.2) is 8.78 Å². The van der Waals surface area contributed by atoms with Crippen LogP contribution < -0.4 is 4.74 Å². The van der Waals surface area contributed by atoms with Gasteiger partial charge in [0, 0.05) is 6.07 Å². The smallest absolute Gasteiger partial charge is 0.162 e. The number of aliphatic hydroxyl groups excluding tert-OH is 1. The first kappa shape index (κ1) is 14.9. The van der Waals surface area contributed by atoms with Crippen molar-refractivity contribution in [2.75, 3.05) is 0 Å². The summed E-state index contributed by atoms with van der Waals surface area (Å²) in [7, 11) is 0. The Morgan fingerprint density at radius 1 is 1.22 bits per heavy atom. The van der Waals surface area contributed by atoms with Crippen molar-refractivity contribution in [3.05, 3.63) is 29.3 Å². The lowest BCUT2D eigenvalue weighted by atomic mass is 10.1. The molecule has 0 aliphatic rings. The highest BCUT2D eigenvalue weighted by atomic mass is 19.2. The molecular formula is C14H20F2O2. The Labute approximate surface area is 107 Å². The van der Waals surface area contributed by atoms with E-state index < -0.39 is 23.8 Å². The van der Waals surface area contributed by atoms with Gasteiger partial charge < -0.3 is 9.84 Å². The number of rotatable bonds is 6. The maximum atomic E-state index is 13.1. The first-order valence-corrected chi connectivity index (χ1v) is 6.29. The second-order valence-electron chi connectivity index (χ2n) is 4.45. The molecule has 0 aliphatic carbocycles. The van der Waals surface area contributed by atoms with Gasteiger partial charge in [-0.3, -0.25) is 0 Å². The summed E-state index contributed by atoms with van der Waals surface area (Å²) >= 11 is 0. The van der Waals surface area contributed by atoms with Gasteiger partial charge in [0.15, 0.2) is 11.6 Å². The molecule has 1 rings (SSSR count). The van der Waals surface area contributed by atoms with Crippen LogP contribution in [-0.4, -0.2) is 17.3 Å². The Morgan fingerprint density at radius 3 is 2.39 bits per heavy atom. The standard InChI is InChI=1S/C14H20F2O2/c1-4-6-12(17)13(5-2)18-14-8-11(16)10(15)7-9(14)3/h7-8,12-13,17H,4-6H2,1-3H3. The van der Waals surface area contributed by atoms with Gasteiger partial charge in [-0.05, 0) is 31.4 Å². The molecule has 1 aromatic carbocycles. The Morgan fingerprint density at radius 2 is 1.83 bits per heavy atom. The van der Waals surface area contributed by atoms with Crippen LogP contribution in [0.5, 0.6) is 5.75 Å². The van der Waals surface area contributed by atoms with Crippen molar-refractivity contribution in [1.29, 1.82) is 0 Å². The van der Waals surface area contributed by atoms with Crippen molar-refractivity contribution < 1.29 is 18.6 Å². The third kappa shape index (κ3) is 3.67. The molecule has 0 spiro atoms. The molecule has 0 aliphatic heterocycles. The molecule has 0 aromatic heterocycles. The van der Waals surface area contributed by atoms with Gasteiger partial charge in [0.05, 0.1) is 6.10 Å². The lowest BCUT2D eigenvalue weighted by Crippen LogP contribution is -2.31. The van der Waals surface area contributed by atoms with E-state index >= 15 is 0 Å². The molecular weight excluding hydrogens is 238 g/mol. The minimum atomic E-state index is -0.935. The van der Waals surface area contributed by atoms with Crippen LogP contribution in [0.4, 0.5) is 8.78 Å². The number of aryl methyl sites for hydroxylation is 1. The summed E-state index contributed by atoms with van der Waals surface area (Å²) in [6.07, 6.45) is 1.10. The van der Waals surface area contributed by atoms with E-state index in [4.69, 9.17) is 4.74 Å². The highest BCUT2D eigenvalue weighted by Gasteiger charge is 2.20. The summed E-state index contributed by atoms with van der Waals surface area (Å²) in [5.74, 6) is -1.53. The zero-order valence-corrected chi connectivity index (χ0v) is 11.0. The van der Waals surface area contributed by atoms with Crippen molar-refractivity contribution >= 4 is 0 Å². The first-order valence-electron chi connectivity index (χ1n) is 6.29. The maximum Gasteiger partial charge on any atom is 0.162 e. The second-order valence-corrected chi connectivity index (χ2v) is 4.45. The van der Waals surface area contributed by atoms with Crippen LogP contribution in [0, 0.1) is 18.6 Å². The summed E-state index contributed by atoms with van der Waals surface area (Å²) in [4.78, 5) is 0. The molecule has 0 amide bonds. The van der Waals surface area contributed by atoms with Gasteiger partial charge in [0.2, 0.25) is 0 Å². The van der Waals surface area contributed by atoms with E-state index in [1.54, 1.807) is 6.92 Å². The van der Waals surface area contributed by atoms with Crippen molar-refractivity contribution in [3.8, 4) is 5.75 Å². The van der Waals surface area contributed by atoms with Crippen LogP contribution in [0.3, 0.4) is 0 Å². The third-order valence-electron chi connectivity index (χ3n) is 2.91. The van der Waals surface area contributed by atoms with Crippen LogP contribution >= 0.6 is 0 Å². The molecule has 0 saturated heterocycles. The summed E-state index contributed by atoms with van der Waals surface area (Å²) in [5, 5.41) is 9.89. The van der Waals surface area contributed by atoms with Crippen molar-refractivity contribution in [2.45, 2.75) is 52.2 Å². The van der Waals surface area contributed by atoms with Gasteiger partial charge in [0.1, 0.15) is 11.9 Å². The highest BCUT2D eigenvalue weighted by Crippen LogP contribution is 2.24. The third-order valence-corrected chi connectivity index (χ3v) is 2.91. The molecule has 4 heteroatoms. The normalized spacial score (nSPS) is 14.3. The molecule has 0 fully saturated rings. The minimum absolute atomic E-state index is 0.288. The summed E-state index contributed by atoms with van der Waals surface area (Å²) in [6.45, 7) is 5.51. The highest BCUT2D eigenvalue weighted by molar-refractivity contribution is 5.33. The summed E-state index contributed by atoms with van der Waals surface area (Å²) < 4.78 is 31.7. The number of halogens is 2. The summed E-state index contributed by atoms with van der Waals surface area (Å²) in [5.41, 5.74) is 0.524. The van der Waals surface area contributed by atoms with Crippen LogP contribution in [0.25, 0.3) is 0 Å². The molecule has 0 radical (unpaired) electrons. The molecule has 102 valence electrons. The number of benzene rings is 1. The number of hydrogen-bond donors (Lipinski definition) is 1. The average molecular weight is 258 g/mol. The first-order chi connectivity index (χ1) is 8.49. The molecule has 2 atom stereocenters. The van der Waals surface area contributed by atoms with E-state index in [0.29, 0.717) is 18.4 Å². The fourth-order valence-electron chi connectivity index (χ4n) is 1.83. The maximum absolute atomic E-state index is 13.1. The van der Waals surface area contributed by atoms with E-state index in [9.17, 15) is 13.9 Å². The van der Waals surface area contributed by atoms with E-state index in [-0.39, 0.29) is 5.75 Å². The zero-order chi connectivity index (χ0) is 13.7. The minimum Gasteiger partial charge on any atom is -0.487 e. The quantitative estimate of drug-likeness (QED) is 0.845. The molecule has 0 bridgehead atoms. The molecule has 1 aromatic rings. The SMILES string of the molecule is CCCC(O)C(CC)Oc1cc(F)c(F)cc1C. The van der Waals surface area contributed by atoms with Crippen molar-refractivity contribution in [3.63, 3.8) is 0 Å². The fraction of sp³-hybridized carbons (Fsp3) is 0.571. The van der Waals surface area contributed by atoms with E-state index in [2.05, 4.69) is 0 Å². The second kappa shape index (κ2) is 6.69. The van der Waals surface area contributed by atoms with Crippen molar-refractivity contribution in [2.24, 2.45) is 0 Å². The van der Waals surface area contributed by atoms with Gasteiger partial charge in [-0.15, -0.1) is 0 Å². The van der Waals surface area contributed by atoms with E-state index in [1.807, 2.05) is 13.8 Å². The van der Waals surface area contributed by atoms with Gasteiger partial charge in [-0.1, -0.05) is 20.3 Å². The zero-order valence-electron chi connectivity index (χ0n) is 11.0. The Bertz CT molecular complexity index is 394. The molecule has 18 heavy (non-hydrogen) atoms. The fourth-order valence-corrected chi connectivity index (χ4v) is 1.83. The van der Waals surface area contributed by atoms with Crippen LogP contribution in [0.2, 0.25) is 0 Å². The average Bonchev–Trinajstić information content (AvgIpc) is 2.32. The number of ether oxygens (including phenoxy) is 1. The molecule has 0 heterocycles. The van der Waals surface area contributed by atoms with Gasteiger partial charge in [0.25, 0.3) is 0 Å². The van der Waals surface area contributed by atoms with E-state index in [0.717, 1.165) is 18.6 Å². The Hall–Kier alpha value is -1.16. The molecule has 2 unspecified atom stereocenters. The van der Waals surface area contributed by atoms with Gasteiger partial charge in [-0.2, -0.15) is 0 Å². The Balaban J connectivity index is 2.84. The lowest BCUT2D eigenvalue weighted by Gasteiger charge is -2.23. The van der Waals surface area contributed by atoms with Crippen LogP contribution in [0.1, 0.15) is 38.7 Å². The number of hydrogen-bond acceptors (Lipinski definition) is 2. The molecule has 1 N–H and O–H groups in total. The van der Waals surface area contributed by atoms with Crippen LogP contribution in [0.15, 0.2) is 12.1 Å². The largest absolute Gasteiger partial charge is 0.487 e. The topological polar surface area (TPSA) is 29.5 Å². The summed E-state index contributed by atoms with van der Waals surface area (Å²) in [6, 6.07) is 2.13. The van der Waals surface area contributed by atoms with Crippen molar-refractivity contribution in [1.82, 2.24) is 0 Å². The monoisotopic (exact) mass is 258 g/mol. The van der Waals surface area contributed by atoms with Gasteiger partial charge >= 0.3 is 0 Å². The molecule has 0 saturated carbocycles. The lowest BCUT2D eigenvalue weighted by molar-refractivity contribution is 0.0278. The van der Waals surface area contributed by atoms with Crippen LogP contribution in [-0.2, 0) is 0 Å². The van der Waals surface area contributed by atoms with E-state index in [1.165, 1.54) is 0 Å².